The Labute approximate surface area is 156 Å². The molecule has 0 fully saturated rings. The van der Waals surface area contributed by atoms with E-state index in [0.29, 0.717) is 5.92 Å². The van der Waals surface area contributed by atoms with E-state index in [9.17, 15) is 4.79 Å². The molecule has 4 nitrogen and oxygen atoms in total. The molecule has 0 saturated heterocycles. The summed E-state index contributed by atoms with van der Waals surface area (Å²) in [6.07, 6.45) is 2.94. The number of nitrogens with zero attached hydrogens (tertiary/aromatic N) is 1. The number of hydrazone groups is 1. The first kappa shape index (κ1) is 19.7. The van der Waals surface area contributed by atoms with Crippen molar-refractivity contribution in [3.8, 4) is 5.75 Å². The zero-order valence-electron chi connectivity index (χ0n) is 15.9. The Hall–Kier alpha value is -2.62. The summed E-state index contributed by atoms with van der Waals surface area (Å²) in [6.45, 7) is 6.29. The van der Waals surface area contributed by atoms with Crippen molar-refractivity contribution in [3.05, 3.63) is 65.7 Å². The van der Waals surface area contributed by atoms with Crippen molar-refractivity contribution in [2.45, 2.75) is 46.0 Å². The van der Waals surface area contributed by atoms with Crippen LogP contribution in [0.15, 0.2) is 59.7 Å². The smallest absolute Gasteiger partial charge is 0.277 e. The Balaban J connectivity index is 1.98. The van der Waals surface area contributed by atoms with Crippen LogP contribution >= 0.6 is 0 Å². The van der Waals surface area contributed by atoms with Gasteiger partial charge in [-0.05, 0) is 36.0 Å². The van der Waals surface area contributed by atoms with Gasteiger partial charge in [0.15, 0.2) is 6.61 Å². The fourth-order valence-corrected chi connectivity index (χ4v) is 2.63. The van der Waals surface area contributed by atoms with Gasteiger partial charge in [-0.3, -0.25) is 4.79 Å². The molecule has 4 heteroatoms. The van der Waals surface area contributed by atoms with E-state index in [1.807, 2.05) is 54.6 Å². The summed E-state index contributed by atoms with van der Waals surface area (Å²) in [5, 5.41) is 4.34. The van der Waals surface area contributed by atoms with E-state index < -0.39 is 0 Å². The minimum Gasteiger partial charge on any atom is -0.483 e. The third kappa shape index (κ3) is 6.03. The molecule has 26 heavy (non-hydrogen) atoms. The van der Waals surface area contributed by atoms with E-state index in [1.165, 1.54) is 0 Å². The molecule has 0 atom stereocenters. The number of amides is 1. The van der Waals surface area contributed by atoms with Gasteiger partial charge in [-0.25, -0.2) is 5.43 Å². The van der Waals surface area contributed by atoms with Crippen molar-refractivity contribution < 1.29 is 9.53 Å². The van der Waals surface area contributed by atoms with Crippen LogP contribution in [0.25, 0.3) is 0 Å². The summed E-state index contributed by atoms with van der Waals surface area (Å²) >= 11 is 0. The molecule has 2 aromatic carbocycles. The third-order valence-corrected chi connectivity index (χ3v) is 4.09. The Bertz CT molecular complexity index is 724. The van der Waals surface area contributed by atoms with Crippen LogP contribution in [0.1, 0.15) is 57.1 Å². The SMILES string of the molecule is CCCC/C(=N\NC(=O)COc1ccccc1C(C)C)c1ccccc1. The molecule has 0 aliphatic carbocycles. The molecule has 0 aliphatic rings. The van der Waals surface area contributed by atoms with Crippen LogP contribution < -0.4 is 10.2 Å². The zero-order chi connectivity index (χ0) is 18.8. The molecule has 1 N–H and O–H groups in total. The quantitative estimate of drug-likeness (QED) is 0.515. The van der Waals surface area contributed by atoms with E-state index in [1.54, 1.807) is 0 Å². The number of rotatable bonds is 9. The number of carbonyl (C=O) groups excluding carboxylic acids is 1. The van der Waals surface area contributed by atoms with Crippen LogP contribution in [-0.2, 0) is 4.79 Å². The predicted molar refractivity (Wildman–Crippen MR) is 107 cm³/mol. The molecule has 0 radical (unpaired) electrons. The van der Waals surface area contributed by atoms with Crippen LogP contribution in [0.5, 0.6) is 5.75 Å². The van der Waals surface area contributed by atoms with E-state index >= 15 is 0 Å². The van der Waals surface area contributed by atoms with Crippen molar-refractivity contribution in [2.24, 2.45) is 5.10 Å². The molecule has 0 spiro atoms. The maximum Gasteiger partial charge on any atom is 0.277 e. The zero-order valence-corrected chi connectivity index (χ0v) is 15.9. The van der Waals surface area contributed by atoms with Crippen LogP contribution in [0.4, 0.5) is 0 Å². The van der Waals surface area contributed by atoms with Crippen molar-refractivity contribution in [2.75, 3.05) is 6.61 Å². The van der Waals surface area contributed by atoms with Gasteiger partial charge in [0.1, 0.15) is 5.75 Å². The highest BCUT2D eigenvalue weighted by Gasteiger charge is 2.09. The average Bonchev–Trinajstić information content (AvgIpc) is 2.67. The van der Waals surface area contributed by atoms with Crippen molar-refractivity contribution >= 4 is 11.6 Å². The van der Waals surface area contributed by atoms with Crippen LogP contribution in [0, 0.1) is 0 Å². The number of hydrogen-bond acceptors (Lipinski definition) is 3. The number of para-hydroxylation sites is 1. The van der Waals surface area contributed by atoms with Gasteiger partial charge in [0.25, 0.3) is 5.91 Å². The molecule has 0 unspecified atom stereocenters. The number of ether oxygens (including phenoxy) is 1. The number of nitrogens with one attached hydrogen (secondary N) is 1. The van der Waals surface area contributed by atoms with E-state index in [-0.39, 0.29) is 12.5 Å². The summed E-state index contributed by atoms with van der Waals surface area (Å²) in [6, 6.07) is 17.7. The molecule has 0 bridgehead atoms. The monoisotopic (exact) mass is 352 g/mol. The molecule has 2 rings (SSSR count). The lowest BCUT2D eigenvalue weighted by Crippen LogP contribution is -2.26. The lowest BCUT2D eigenvalue weighted by Gasteiger charge is -2.13. The summed E-state index contributed by atoms with van der Waals surface area (Å²) in [7, 11) is 0. The molecule has 2 aromatic rings. The molecule has 0 aromatic heterocycles. The third-order valence-electron chi connectivity index (χ3n) is 4.09. The van der Waals surface area contributed by atoms with Gasteiger partial charge in [-0.1, -0.05) is 75.7 Å². The molecule has 0 aliphatic heterocycles. The topological polar surface area (TPSA) is 50.7 Å². The normalized spacial score (nSPS) is 11.5. The first-order valence-electron chi connectivity index (χ1n) is 9.24. The lowest BCUT2D eigenvalue weighted by molar-refractivity contribution is -0.123. The molecule has 138 valence electrons. The van der Waals surface area contributed by atoms with E-state index in [4.69, 9.17) is 4.74 Å². The molecular weight excluding hydrogens is 324 g/mol. The number of benzene rings is 2. The van der Waals surface area contributed by atoms with E-state index in [2.05, 4.69) is 31.3 Å². The van der Waals surface area contributed by atoms with E-state index in [0.717, 1.165) is 41.9 Å². The van der Waals surface area contributed by atoms with Gasteiger partial charge < -0.3 is 4.74 Å². The Morgan fingerprint density at radius 1 is 1.08 bits per heavy atom. The second-order valence-corrected chi connectivity index (χ2v) is 6.54. The fraction of sp³-hybridized carbons (Fsp3) is 0.364. The molecular formula is C22H28N2O2. The summed E-state index contributed by atoms with van der Waals surface area (Å²) in [4.78, 5) is 12.2. The second kappa shape index (κ2) is 10.4. The standard InChI is InChI=1S/C22H28N2O2/c1-4-5-14-20(18-11-7-6-8-12-18)23-24-22(25)16-26-21-15-10-9-13-19(21)17(2)3/h6-13,15,17H,4-5,14,16H2,1-3H3,(H,24,25)/b23-20+. The second-order valence-electron chi connectivity index (χ2n) is 6.54. The van der Waals surface area contributed by atoms with Gasteiger partial charge in [-0.2, -0.15) is 5.10 Å². The Kier molecular flexibility index (Phi) is 7.87. The molecule has 0 saturated carbocycles. The Morgan fingerprint density at radius 2 is 1.77 bits per heavy atom. The minimum absolute atomic E-state index is 0.0525. The van der Waals surface area contributed by atoms with Gasteiger partial charge >= 0.3 is 0 Å². The predicted octanol–water partition coefficient (Wildman–Crippen LogP) is 4.90. The number of hydrogen-bond donors (Lipinski definition) is 1. The van der Waals surface area contributed by atoms with Gasteiger partial charge in [0.05, 0.1) is 5.71 Å². The van der Waals surface area contributed by atoms with Crippen LogP contribution in [0.2, 0.25) is 0 Å². The first-order valence-corrected chi connectivity index (χ1v) is 9.24. The van der Waals surface area contributed by atoms with Gasteiger partial charge in [-0.15, -0.1) is 0 Å². The maximum absolute atomic E-state index is 12.2. The number of carbonyl (C=O) groups is 1. The highest BCUT2D eigenvalue weighted by atomic mass is 16.5. The number of unbranched alkanes of at least 4 members (excludes halogenated alkanes) is 1. The summed E-state index contributed by atoms with van der Waals surface area (Å²) in [5.41, 5.74) is 5.65. The molecule has 0 heterocycles. The van der Waals surface area contributed by atoms with Crippen LogP contribution in [-0.4, -0.2) is 18.2 Å². The highest BCUT2D eigenvalue weighted by Crippen LogP contribution is 2.25. The van der Waals surface area contributed by atoms with Crippen LogP contribution in [0.3, 0.4) is 0 Å². The Morgan fingerprint density at radius 3 is 2.46 bits per heavy atom. The van der Waals surface area contributed by atoms with Gasteiger partial charge in [0, 0.05) is 0 Å². The van der Waals surface area contributed by atoms with Crippen molar-refractivity contribution in [1.29, 1.82) is 0 Å². The largest absolute Gasteiger partial charge is 0.483 e. The van der Waals surface area contributed by atoms with Crippen molar-refractivity contribution in [3.63, 3.8) is 0 Å². The maximum atomic E-state index is 12.2. The summed E-state index contributed by atoms with van der Waals surface area (Å²) in [5.74, 6) is 0.829. The fourth-order valence-electron chi connectivity index (χ4n) is 2.63. The molecule has 1 amide bonds. The average molecular weight is 352 g/mol. The van der Waals surface area contributed by atoms with Crippen molar-refractivity contribution in [1.82, 2.24) is 5.43 Å². The minimum atomic E-state index is -0.256. The summed E-state index contributed by atoms with van der Waals surface area (Å²) < 4.78 is 5.70. The van der Waals surface area contributed by atoms with Gasteiger partial charge in [0.2, 0.25) is 0 Å². The highest BCUT2D eigenvalue weighted by molar-refractivity contribution is 6.01. The first-order chi connectivity index (χ1) is 12.6. The lowest BCUT2D eigenvalue weighted by atomic mass is 10.0.